The van der Waals surface area contributed by atoms with Gasteiger partial charge in [0.15, 0.2) is 0 Å². The van der Waals surface area contributed by atoms with Gasteiger partial charge in [-0.2, -0.15) is 0 Å². The van der Waals surface area contributed by atoms with Crippen LogP contribution in [0, 0.1) is 0 Å². The fourth-order valence-electron chi connectivity index (χ4n) is 2.27. The van der Waals surface area contributed by atoms with Crippen LogP contribution < -0.4 is 10.1 Å². The average Bonchev–Trinajstić information content (AvgIpc) is 2.91. The molecule has 0 bridgehead atoms. The third-order valence-corrected chi connectivity index (χ3v) is 3.39. The number of anilines is 1. The number of phenols is 1. The Balaban J connectivity index is 1.78. The number of carbonyl (C=O) groups excluding carboxylic acids is 1. The summed E-state index contributed by atoms with van der Waals surface area (Å²) in [6, 6.07) is 12.1. The number of aromatic hydroxyl groups is 1. The zero-order chi connectivity index (χ0) is 15.5. The van der Waals surface area contributed by atoms with Crippen LogP contribution in [-0.4, -0.2) is 18.1 Å². The van der Waals surface area contributed by atoms with Crippen molar-refractivity contribution in [1.29, 1.82) is 0 Å². The van der Waals surface area contributed by atoms with Crippen LogP contribution >= 0.6 is 0 Å². The van der Waals surface area contributed by atoms with Crippen molar-refractivity contribution in [3.05, 3.63) is 54.3 Å². The lowest BCUT2D eigenvalue weighted by Gasteiger charge is -2.06. The molecule has 2 N–H and O–H groups in total. The number of amides is 1. The van der Waals surface area contributed by atoms with E-state index in [1.54, 1.807) is 37.6 Å². The molecule has 5 nitrogen and oxygen atoms in total. The molecule has 0 atom stereocenters. The van der Waals surface area contributed by atoms with E-state index in [2.05, 4.69) is 5.32 Å². The maximum absolute atomic E-state index is 12.1. The summed E-state index contributed by atoms with van der Waals surface area (Å²) >= 11 is 0. The van der Waals surface area contributed by atoms with Gasteiger partial charge in [0.2, 0.25) is 5.91 Å². The molecule has 0 aliphatic heterocycles. The minimum atomic E-state index is -0.222. The molecule has 0 saturated carbocycles. The van der Waals surface area contributed by atoms with Crippen molar-refractivity contribution < 1.29 is 19.1 Å². The molecule has 5 heteroatoms. The summed E-state index contributed by atoms with van der Waals surface area (Å²) in [6.07, 6.45) is 1.72. The molecular weight excluding hydrogens is 282 g/mol. The zero-order valence-corrected chi connectivity index (χ0v) is 12.0. The first-order valence-corrected chi connectivity index (χ1v) is 6.79. The molecular formula is C17H15NO4. The van der Waals surface area contributed by atoms with Gasteiger partial charge in [0, 0.05) is 17.0 Å². The Morgan fingerprint density at radius 2 is 2.09 bits per heavy atom. The molecule has 112 valence electrons. The van der Waals surface area contributed by atoms with Crippen LogP contribution in [0.4, 0.5) is 5.69 Å². The van der Waals surface area contributed by atoms with Gasteiger partial charge in [0.05, 0.1) is 25.5 Å². The number of para-hydroxylation sites is 2. The van der Waals surface area contributed by atoms with Crippen LogP contribution in [0.25, 0.3) is 11.0 Å². The van der Waals surface area contributed by atoms with E-state index < -0.39 is 0 Å². The lowest BCUT2D eigenvalue weighted by molar-refractivity contribution is -0.115. The summed E-state index contributed by atoms with van der Waals surface area (Å²) in [5.74, 6) is 0.518. The molecule has 22 heavy (non-hydrogen) atoms. The van der Waals surface area contributed by atoms with Crippen molar-refractivity contribution in [3.8, 4) is 11.5 Å². The van der Waals surface area contributed by atoms with Crippen LogP contribution in [0.5, 0.6) is 11.5 Å². The highest BCUT2D eigenvalue weighted by Gasteiger charge is 2.12. The van der Waals surface area contributed by atoms with E-state index in [9.17, 15) is 9.90 Å². The fourth-order valence-corrected chi connectivity index (χ4v) is 2.27. The van der Waals surface area contributed by atoms with Crippen LogP contribution in [0.1, 0.15) is 5.56 Å². The van der Waals surface area contributed by atoms with Gasteiger partial charge < -0.3 is 19.6 Å². The molecule has 1 heterocycles. The molecule has 0 aliphatic rings. The quantitative estimate of drug-likeness (QED) is 0.725. The molecule has 0 spiro atoms. The maximum atomic E-state index is 12.1. The predicted octanol–water partition coefficient (Wildman–Crippen LogP) is 3.33. The third kappa shape index (κ3) is 2.74. The number of hydrogen-bond donors (Lipinski definition) is 2. The normalized spacial score (nSPS) is 10.6. The van der Waals surface area contributed by atoms with E-state index in [1.165, 1.54) is 6.07 Å². The highest BCUT2D eigenvalue weighted by molar-refractivity contribution is 5.96. The highest BCUT2D eigenvalue weighted by Crippen LogP contribution is 2.27. The number of rotatable bonds is 4. The number of ether oxygens (including phenoxy) is 1. The van der Waals surface area contributed by atoms with Gasteiger partial charge >= 0.3 is 0 Å². The first-order valence-electron chi connectivity index (χ1n) is 6.79. The van der Waals surface area contributed by atoms with Crippen molar-refractivity contribution >= 4 is 22.6 Å². The molecule has 1 aromatic heterocycles. The summed E-state index contributed by atoms with van der Waals surface area (Å²) in [7, 11) is 1.59. The van der Waals surface area contributed by atoms with Crippen molar-refractivity contribution in [1.82, 2.24) is 0 Å². The SMILES string of the molecule is COc1ccc2c(CC(=O)Nc3ccccc3O)coc2c1. The summed E-state index contributed by atoms with van der Waals surface area (Å²) in [5, 5.41) is 13.2. The van der Waals surface area contributed by atoms with E-state index in [0.29, 0.717) is 17.0 Å². The van der Waals surface area contributed by atoms with Crippen molar-refractivity contribution in [2.24, 2.45) is 0 Å². The minimum absolute atomic E-state index is 0.0395. The van der Waals surface area contributed by atoms with Gasteiger partial charge in [-0.05, 0) is 24.3 Å². The highest BCUT2D eigenvalue weighted by atomic mass is 16.5. The van der Waals surface area contributed by atoms with Crippen molar-refractivity contribution in [2.75, 3.05) is 12.4 Å². The van der Waals surface area contributed by atoms with Crippen LogP contribution in [0.2, 0.25) is 0 Å². The number of furan rings is 1. The number of nitrogens with one attached hydrogen (secondary N) is 1. The summed E-state index contributed by atoms with van der Waals surface area (Å²) < 4.78 is 10.6. The van der Waals surface area contributed by atoms with E-state index in [1.807, 2.05) is 12.1 Å². The van der Waals surface area contributed by atoms with E-state index in [0.717, 1.165) is 10.9 Å². The largest absolute Gasteiger partial charge is 0.506 e. The van der Waals surface area contributed by atoms with Gasteiger partial charge in [-0.1, -0.05) is 12.1 Å². The van der Waals surface area contributed by atoms with E-state index in [4.69, 9.17) is 9.15 Å². The second kappa shape index (κ2) is 5.81. The second-order valence-corrected chi connectivity index (χ2v) is 4.87. The van der Waals surface area contributed by atoms with Gasteiger partial charge in [0.1, 0.15) is 17.1 Å². The Morgan fingerprint density at radius 3 is 2.86 bits per heavy atom. The summed E-state index contributed by atoms with van der Waals surface area (Å²) in [6.45, 7) is 0. The summed E-state index contributed by atoms with van der Waals surface area (Å²) in [5.41, 5.74) is 1.84. The van der Waals surface area contributed by atoms with Gasteiger partial charge in [-0.3, -0.25) is 4.79 Å². The zero-order valence-electron chi connectivity index (χ0n) is 12.0. The lowest BCUT2D eigenvalue weighted by atomic mass is 10.1. The first-order chi connectivity index (χ1) is 10.7. The van der Waals surface area contributed by atoms with E-state index in [-0.39, 0.29) is 18.1 Å². The molecule has 2 aromatic carbocycles. The fraction of sp³-hybridized carbons (Fsp3) is 0.118. The van der Waals surface area contributed by atoms with Crippen molar-refractivity contribution in [3.63, 3.8) is 0 Å². The number of phenolic OH excluding ortho intramolecular Hbond substituents is 1. The molecule has 3 rings (SSSR count). The number of benzene rings is 2. The van der Waals surface area contributed by atoms with Crippen LogP contribution in [0.15, 0.2) is 53.1 Å². The monoisotopic (exact) mass is 297 g/mol. The van der Waals surface area contributed by atoms with Gasteiger partial charge in [-0.25, -0.2) is 0 Å². The minimum Gasteiger partial charge on any atom is -0.506 e. The Kier molecular flexibility index (Phi) is 3.70. The molecule has 0 unspecified atom stereocenters. The van der Waals surface area contributed by atoms with Crippen molar-refractivity contribution in [2.45, 2.75) is 6.42 Å². The standard InChI is InChI=1S/C17H15NO4/c1-21-12-6-7-13-11(10-22-16(13)9-12)8-17(20)18-14-4-2-3-5-15(14)19/h2-7,9-10,19H,8H2,1H3,(H,18,20). The Bertz CT molecular complexity index is 822. The number of fused-ring (bicyclic) bond motifs is 1. The molecule has 0 fully saturated rings. The molecule has 3 aromatic rings. The Labute approximate surface area is 127 Å². The smallest absolute Gasteiger partial charge is 0.229 e. The number of hydrogen-bond acceptors (Lipinski definition) is 4. The molecule has 0 saturated heterocycles. The molecule has 0 aliphatic carbocycles. The summed E-state index contributed by atoms with van der Waals surface area (Å²) in [4.78, 5) is 12.1. The first kappa shape index (κ1) is 14.0. The third-order valence-electron chi connectivity index (χ3n) is 3.39. The average molecular weight is 297 g/mol. The second-order valence-electron chi connectivity index (χ2n) is 4.87. The van der Waals surface area contributed by atoms with Gasteiger partial charge in [0.25, 0.3) is 0 Å². The Morgan fingerprint density at radius 1 is 1.27 bits per heavy atom. The maximum Gasteiger partial charge on any atom is 0.229 e. The van der Waals surface area contributed by atoms with E-state index >= 15 is 0 Å². The van der Waals surface area contributed by atoms with Gasteiger partial charge in [-0.15, -0.1) is 0 Å². The molecule has 0 radical (unpaired) electrons. The number of methoxy groups -OCH3 is 1. The Hall–Kier alpha value is -2.95. The lowest BCUT2D eigenvalue weighted by Crippen LogP contribution is -2.14. The topological polar surface area (TPSA) is 71.7 Å². The number of carbonyl (C=O) groups is 1. The predicted molar refractivity (Wildman–Crippen MR) is 83.2 cm³/mol. The van der Waals surface area contributed by atoms with Crippen LogP contribution in [-0.2, 0) is 11.2 Å². The molecule has 1 amide bonds. The van der Waals surface area contributed by atoms with Crippen LogP contribution in [0.3, 0.4) is 0 Å².